The van der Waals surface area contributed by atoms with Crippen molar-refractivity contribution in [1.29, 1.82) is 0 Å². The van der Waals surface area contributed by atoms with Gasteiger partial charge < -0.3 is 33.2 Å². The number of ether oxygens (including phenoxy) is 7. The first-order chi connectivity index (χ1) is 32.2. The van der Waals surface area contributed by atoms with Crippen LogP contribution >= 0.6 is 7.82 Å². The molecule has 6 atom stereocenters. The van der Waals surface area contributed by atoms with Crippen molar-refractivity contribution in [2.24, 2.45) is 10.8 Å². The molecule has 14 heteroatoms. The lowest BCUT2D eigenvalue weighted by Gasteiger charge is -2.49. The van der Waals surface area contributed by atoms with Gasteiger partial charge in [0.2, 0.25) is 13.6 Å². The van der Waals surface area contributed by atoms with Gasteiger partial charge >= 0.3 is 19.8 Å². The zero-order chi connectivity index (χ0) is 47.7. The smallest absolute Gasteiger partial charge is 0.437 e. The van der Waals surface area contributed by atoms with E-state index in [4.69, 9.17) is 46.7 Å². The fourth-order valence-electron chi connectivity index (χ4n) is 6.99. The summed E-state index contributed by atoms with van der Waals surface area (Å²) >= 11 is 0. The van der Waals surface area contributed by atoms with Crippen LogP contribution in [0.25, 0.3) is 0 Å². The third-order valence-corrected chi connectivity index (χ3v) is 12.0. The summed E-state index contributed by atoms with van der Waals surface area (Å²) in [6.45, 7) is 8.85. The van der Waals surface area contributed by atoms with Crippen molar-refractivity contribution in [2.45, 2.75) is 111 Å². The summed E-state index contributed by atoms with van der Waals surface area (Å²) in [5, 5.41) is 0. The average Bonchev–Trinajstić information content (AvgIpc) is 3.32. The van der Waals surface area contributed by atoms with E-state index in [1.807, 2.05) is 152 Å². The molecule has 2 unspecified atom stereocenters. The van der Waals surface area contributed by atoms with Gasteiger partial charge in [0.05, 0.1) is 43.9 Å². The van der Waals surface area contributed by atoms with E-state index in [0.29, 0.717) is 0 Å². The van der Waals surface area contributed by atoms with E-state index >= 15 is 4.57 Å². The minimum atomic E-state index is -4.93. The number of hydrogen-bond donors (Lipinski definition) is 0. The van der Waals surface area contributed by atoms with Gasteiger partial charge in [-0.2, -0.15) is 0 Å². The molecule has 0 radical (unpaired) electrons. The molecule has 0 spiro atoms. The molecule has 0 saturated heterocycles. The summed E-state index contributed by atoms with van der Waals surface area (Å²) in [4.78, 5) is 25.9. The second-order valence-electron chi connectivity index (χ2n) is 18.2. The van der Waals surface area contributed by atoms with Crippen LogP contribution in [0.1, 0.15) is 69.4 Å². The molecule has 6 rings (SSSR count). The van der Waals surface area contributed by atoms with E-state index < -0.39 is 80.8 Å². The fourth-order valence-corrected chi connectivity index (χ4v) is 8.09. The Hall–Kier alpha value is -5.05. The third-order valence-electron chi connectivity index (χ3n) is 10.6. The van der Waals surface area contributed by atoms with Crippen molar-refractivity contribution < 1.29 is 60.9 Å². The maximum Gasteiger partial charge on any atom is 0.481 e. The molecule has 13 nitrogen and oxygen atoms in total. The van der Waals surface area contributed by atoms with Gasteiger partial charge in [-0.3, -0.25) is 14.1 Å². The Morgan fingerprint density at radius 3 is 0.836 bits per heavy atom. The van der Waals surface area contributed by atoms with E-state index in [1.165, 1.54) is 0 Å². The largest absolute Gasteiger partial charge is 0.481 e. The zero-order valence-corrected chi connectivity index (χ0v) is 40.0. The highest BCUT2D eigenvalue weighted by Crippen LogP contribution is 2.53. The summed E-state index contributed by atoms with van der Waals surface area (Å²) in [6.07, 6.45) is -6.57. The number of phosphoric acid groups is 1. The summed E-state index contributed by atoms with van der Waals surface area (Å²) in [5.74, 6) is -1.27. The third kappa shape index (κ3) is 16.0. The van der Waals surface area contributed by atoms with Crippen LogP contribution in [0.5, 0.6) is 0 Å². The molecule has 0 N–H and O–H groups in total. The molecule has 5 aromatic carbocycles. The Balaban J connectivity index is 1.49. The summed E-state index contributed by atoms with van der Waals surface area (Å²) < 4.78 is 79.0. The Morgan fingerprint density at radius 2 is 0.612 bits per heavy atom. The predicted octanol–water partition coefficient (Wildman–Crippen LogP) is 10.5. The van der Waals surface area contributed by atoms with E-state index in [0.717, 1.165) is 27.8 Å². The quantitative estimate of drug-likeness (QED) is 0.0348. The van der Waals surface area contributed by atoms with Gasteiger partial charge in [-0.1, -0.05) is 152 Å². The van der Waals surface area contributed by atoms with Crippen molar-refractivity contribution in [2.75, 3.05) is 13.6 Å². The molecule has 0 aromatic heterocycles. The average molecular weight is 939 g/mol. The molecule has 358 valence electrons. The van der Waals surface area contributed by atoms with Crippen molar-refractivity contribution in [3.8, 4) is 0 Å². The van der Waals surface area contributed by atoms with Crippen LogP contribution in [0.3, 0.4) is 0 Å². The number of benzene rings is 5. The van der Waals surface area contributed by atoms with Crippen LogP contribution in [0, 0.1) is 10.8 Å². The lowest BCUT2D eigenvalue weighted by Crippen LogP contribution is -2.67. The van der Waals surface area contributed by atoms with Gasteiger partial charge in [0.15, 0.2) is 0 Å². The number of phosphoric ester groups is 1. The van der Waals surface area contributed by atoms with Gasteiger partial charge in [-0.05, 0) is 69.4 Å². The topological polar surface area (TPSA) is 144 Å². The molecule has 1 fully saturated rings. The predicted molar refractivity (Wildman–Crippen MR) is 251 cm³/mol. The van der Waals surface area contributed by atoms with Crippen LogP contribution in [-0.2, 0) is 93.9 Å². The van der Waals surface area contributed by atoms with E-state index in [1.54, 1.807) is 41.5 Å². The summed E-state index contributed by atoms with van der Waals surface area (Å²) in [6, 6.07) is 48.1. The highest BCUT2D eigenvalue weighted by atomic mass is 31.2. The second kappa shape index (κ2) is 24.8. The molecular formula is C53H63O13P. The number of carbonyl (C=O) groups is 2. The highest BCUT2D eigenvalue weighted by Gasteiger charge is 2.57. The van der Waals surface area contributed by atoms with Crippen LogP contribution < -0.4 is 0 Å². The number of rotatable bonds is 23. The van der Waals surface area contributed by atoms with E-state index in [9.17, 15) is 9.59 Å². The molecule has 5 aromatic rings. The number of esters is 2. The zero-order valence-electron chi connectivity index (χ0n) is 39.1. The monoisotopic (exact) mass is 938 g/mol. The normalized spacial score (nSPS) is 20.0. The number of hydrogen-bond acceptors (Lipinski definition) is 13. The first-order valence-corrected chi connectivity index (χ1v) is 23.8. The van der Waals surface area contributed by atoms with E-state index in [-0.39, 0.29) is 33.0 Å². The van der Waals surface area contributed by atoms with Crippen molar-refractivity contribution >= 4 is 19.8 Å². The Labute approximate surface area is 394 Å². The minimum absolute atomic E-state index is 0.0569. The van der Waals surface area contributed by atoms with Gasteiger partial charge in [0.25, 0.3) is 0 Å². The minimum Gasteiger partial charge on any atom is -0.437 e. The van der Waals surface area contributed by atoms with Crippen molar-refractivity contribution in [3.05, 3.63) is 179 Å². The van der Waals surface area contributed by atoms with Crippen molar-refractivity contribution in [3.63, 3.8) is 0 Å². The molecule has 1 aliphatic carbocycles. The molecule has 67 heavy (non-hydrogen) atoms. The van der Waals surface area contributed by atoms with Gasteiger partial charge in [-0.25, -0.2) is 13.6 Å². The molecule has 1 aliphatic rings. The maximum absolute atomic E-state index is 15.3. The Morgan fingerprint density at radius 1 is 0.388 bits per heavy atom. The SMILES string of the molecule is CC(C)(C)C(=O)OCOP(=O)(OCOC(=O)C(C)(C)C)OC1[C@H](OCc2ccccc2)[C@H](OCc2ccccc2)C(OCc2ccccc2)[C@H](OCc2ccccc2)[C@H]1OCc1ccccc1. The van der Waals surface area contributed by atoms with Gasteiger partial charge in [-0.15, -0.1) is 0 Å². The second-order valence-corrected chi connectivity index (χ2v) is 19.8. The fraction of sp³-hybridized carbons (Fsp3) is 0.396. The van der Waals surface area contributed by atoms with Crippen LogP contribution in [0.15, 0.2) is 152 Å². The molecule has 0 heterocycles. The first kappa shape index (κ1) is 51.3. The van der Waals surface area contributed by atoms with E-state index in [2.05, 4.69) is 0 Å². The van der Waals surface area contributed by atoms with Gasteiger partial charge in [0, 0.05) is 0 Å². The van der Waals surface area contributed by atoms with Gasteiger partial charge in [0.1, 0.15) is 36.6 Å². The first-order valence-electron chi connectivity index (χ1n) is 22.4. The maximum atomic E-state index is 15.3. The molecular weight excluding hydrogens is 876 g/mol. The summed E-state index contributed by atoms with van der Waals surface area (Å²) in [7, 11) is -4.93. The Kier molecular flexibility index (Phi) is 19.0. The molecule has 1 saturated carbocycles. The highest BCUT2D eigenvalue weighted by molar-refractivity contribution is 7.48. The Bertz CT molecular complexity index is 2130. The molecule has 0 amide bonds. The molecule has 0 aliphatic heterocycles. The van der Waals surface area contributed by atoms with Crippen LogP contribution in [0.2, 0.25) is 0 Å². The standard InChI is InChI=1S/C53H63O13P/c1-52(2,3)50(54)62-37-64-67(56,65-38-63-51(55)53(4,5)6)66-49-47(60-35-42-28-18-10-19-29-42)45(58-33-40-24-14-8-15-25-40)44(57-32-39-22-12-7-13-23-39)46(59-34-41-26-16-9-17-27-41)48(49)61-36-43-30-20-11-21-31-43/h7-31,44-49H,32-38H2,1-6H3/t44?,45-,46+,47-,48-,49?/m1/s1. The summed E-state index contributed by atoms with van der Waals surface area (Å²) in [5.41, 5.74) is 2.44. The van der Waals surface area contributed by atoms with Crippen LogP contribution in [0.4, 0.5) is 0 Å². The lowest BCUT2D eigenvalue weighted by molar-refractivity contribution is -0.281. The van der Waals surface area contributed by atoms with Crippen molar-refractivity contribution in [1.82, 2.24) is 0 Å². The molecule has 0 bridgehead atoms. The van der Waals surface area contributed by atoms with Crippen LogP contribution in [-0.4, -0.2) is 62.1 Å². The number of carbonyl (C=O) groups excluding carboxylic acids is 2. The lowest BCUT2D eigenvalue weighted by atomic mass is 9.83.